The third kappa shape index (κ3) is 5.37. The number of hydrogen-bond donors (Lipinski definition) is 0. The van der Waals surface area contributed by atoms with Crippen molar-refractivity contribution in [3.63, 3.8) is 0 Å². The summed E-state index contributed by atoms with van der Waals surface area (Å²) in [6.45, 7) is 3.76. The van der Waals surface area contributed by atoms with Crippen LogP contribution in [-0.4, -0.2) is 11.6 Å². The Morgan fingerprint density at radius 1 is 0.868 bits per heavy atom. The molecule has 38 heavy (non-hydrogen) atoms. The van der Waals surface area contributed by atoms with Gasteiger partial charge in [0.2, 0.25) is 0 Å². The van der Waals surface area contributed by atoms with Gasteiger partial charge in [0.15, 0.2) is 17.8 Å². The Morgan fingerprint density at radius 3 is 2.16 bits per heavy atom. The van der Waals surface area contributed by atoms with Crippen molar-refractivity contribution >= 4 is 57.8 Å². The number of ether oxygens (including phenoxy) is 1. The summed E-state index contributed by atoms with van der Waals surface area (Å²) in [6.07, 6.45) is -0.453. The van der Waals surface area contributed by atoms with Crippen molar-refractivity contribution in [2.45, 2.75) is 26.6 Å². The number of anilines is 2. The predicted molar refractivity (Wildman–Crippen MR) is 156 cm³/mol. The summed E-state index contributed by atoms with van der Waals surface area (Å²) in [5.41, 5.74) is 4.35. The molecule has 0 N–H and O–H groups in total. The maximum Gasteiger partial charge on any atom is 0.198 e. The zero-order valence-corrected chi connectivity index (χ0v) is 23.0. The summed E-state index contributed by atoms with van der Waals surface area (Å²) in [4.78, 5) is 14.8. The average molecular weight is 565 g/mol. The lowest BCUT2D eigenvalue weighted by atomic mass is 10.1. The fourth-order valence-corrected chi connectivity index (χ4v) is 4.95. The first-order valence-corrected chi connectivity index (χ1v) is 13.1. The van der Waals surface area contributed by atoms with E-state index in [4.69, 9.17) is 44.6 Å². The molecule has 1 aliphatic rings. The van der Waals surface area contributed by atoms with Gasteiger partial charge >= 0.3 is 0 Å². The van der Waals surface area contributed by atoms with Crippen LogP contribution in [-0.2, 0) is 11.4 Å². The minimum Gasteiger partial charge on any atom is -0.489 e. The summed E-state index contributed by atoms with van der Waals surface area (Å²) in [5, 5.41) is 8.31. The van der Waals surface area contributed by atoms with Crippen LogP contribution in [0, 0.1) is 6.92 Å². The van der Waals surface area contributed by atoms with Gasteiger partial charge in [0.25, 0.3) is 0 Å². The van der Waals surface area contributed by atoms with E-state index in [9.17, 15) is 4.79 Å². The summed E-state index contributed by atoms with van der Waals surface area (Å²) in [7, 11) is 0. The van der Waals surface area contributed by atoms with E-state index in [2.05, 4.69) is 0 Å². The van der Waals surface area contributed by atoms with E-state index in [-0.39, 0.29) is 12.4 Å². The molecule has 0 fully saturated rings. The predicted octanol–water partition coefficient (Wildman–Crippen LogP) is 8.46. The van der Waals surface area contributed by atoms with Crippen molar-refractivity contribution in [2.24, 2.45) is 5.10 Å². The van der Waals surface area contributed by atoms with Crippen LogP contribution >= 0.6 is 34.8 Å². The summed E-state index contributed by atoms with van der Waals surface area (Å²) >= 11 is 18.8. The third-order valence-electron chi connectivity index (χ3n) is 6.23. The van der Waals surface area contributed by atoms with E-state index < -0.39 is 6.17 Å². The number of halogens is 3. The normalized spacial score (nSPS) is 15.0. The zero-order chi connectivity index (χ0) is 26.8. The van der Waals surface area contributed by atoms with Crippen LogP contribution in [0.25, 0.3) is 0 Å². The maximum atomic E-state index is 12.8. The Hall–Kier alpha value is -3.51. The van der Waals surface area contributed by atoms with Crippen molar-refractivity contribution in [2.75, 3.05) is 9.91 Å². The quantitative estimate of drug-likeness (QED) is 0.226. The molecule has 1 heterocycles. The smallest absolute Gasteiger partial charge is 0.198 e. The molecule has 0 unspecified atom stereocenters. The molecule has 0 saturated heterocycles. The molecule has 192 valence electrons. The molecule has 0 aliphatic carbocycles. The Balaban J connectivity index is 1.56. The Bertz CT molecular complexity index is 1480. The minimum absolute atomic E-state index is 0.146. The minimum atomic E-state index is -0.453. The van der Waals surface area contributed by atoms with Gasteiger partial charge in [-0.2, -0.15) is 0 Å². The van der Waals surface area contributed by atoms with Gasteiger partial charge < -0.3 is 4.74 Å². The second-order valence-corrected chi connectivity index (χ2v) is 10.2. The first-order chi connectivity index (χ1) is 18.3. The molecule has 5 rings (SSSR count). The van der Waals surface area contributed by atoms with Crippen LogP contribution in [0.3, 0.4) is 0 Å². The number of amidine groups is 1. The molecule has 4 aromatic carbocycles. The van der Waals surface area contributed by atoms with Crippen LogP contribution in [0.2, 0.25) is 15.1 Å². The summed E-state index contributed by atoms with van der Waals surface area (Å²) < 4.78 is 6.11. The number of benzene rings is 4. The molecule has 4 aromatic rings. The molecule has 1 aliphatic heterocycles. The first kappa shape index (κ1) is 26.1. The highest BCUT2D eigenvalue weighted by Gasteiger charge is 2.39. The maximum absolute atomic E-state index is 12.8. The van der Waals surface area contributed by atoms with E-state index in [1.807, 2.05) is 77.5 Å². The SMILES string of the molecule is CC(=O)C1=NN(c2ccc(Cl)cc2)[C@@H](c2cccc(OCc3c(Cl)cccc3Cl)c2)N1c1ccc(C)cc1. The van der Waals surface area contributed by atoms with Crippen molar-refractivity contribution in [3.8, 4) is 5.75 Å². The van der Waals surface area contributed by atoms with Gasteiger partial charge in [0.1, 0.15) is 12.4 Å². The van der Waals surface area contributed by atoms with Gasteiger partial charge in [-0.15, -0.1) is 5.10 Å². The third-order valence-corrected chi connectivity index (χ3v) is 7.19. The average Bonchev–Trinajstić information content (AvgIpc) is 3.30. The van der Waals surface area contributed by atoms with Crippen molar-refractivity contribution in [1.29, 1.82) is 0 Å². The number of rotatable bonds is 7. The number of aryl methyl sites for hydroxylation is 1. The van der Waals surface area contributed by atoms with Gasteiger partial charge in [-0.25, -0.2) is 5.01 Å². The summed E-state index contributed by atoms with van der Waals surface area (Å²) in [5.74, 6) is 0.824. The second-order valence-electron chi connectivity index (χ2n) is 8.94. The molecule has 0 saturated carbocycles. The van der Waals surface area contributed by atoms with Crippen LogP contribution in [0.15, 0.2) is 96.1 Å². The van der Waals surface area contributed by atoms with Crippen LogP contribution < -0.4 is 14.6 Å². The number of ketones is 1. The van der Waals surface area contributed by atoms with E-state index in [0.717, 1.165) is 22.5 Å². The van der Waals surface area contributed by atoms with Gasteiger partial charge in [0, 0.05) is 38.8 Å². The van der Waals surface area contributed by atoms with Crippen LogP contribution in [0.5, 0.6) is 5.75 Å². The lowest BCUT2D eigenvalue weighted by Gasteiger charge is -2.32. The molecular weight excluding hydrogens is 541 g/mol. The molecule has 8 heteroatoms. The highest BCUT2D eigenvalue weighted by Crippen LogP contribution is 2.40. The number of nitrogens with zero attached hydrogens (tertiary/aromatic N) is 3. The standard InChI is InChI=1S/C30H24Cl3N3O2/c1-19-9-13-23(14-10-19)35-29(20(2)37)34-36(24-15-11-22(31)12-16-24)30(35)21-5-3-6-25(17-21)38-18-26-27(32)7-4-8-28(26)33/h3-17,30H,18H2,1-2H3/t30-/m0/s1. The van der Waals surface area contributed by atoms with Gasteiger partial charge in [-0.1, -0.05) is 70.7 Å². The molecule has 5 nitrogen and oxygen atoms in total. The number of Topliss-reactive ketones (excluding diaryl/α,β-unsaturated/α-hetero) is 1. The first-order valence-electron chi connectivity index (χ1n) is 12.0. The molecule has 0 spiro atoms. The highest BCUT2D eigenvalue weighted by molar-refractivity contribution is 6.44. The fourth-order valence-electron chi connectivity index (χ4n) is 4.31. The topological polar surface area (TPSA) is 45.1 Å². The van der Waals surface area contributed by atoms with E-state index in [0.29, 0.717) is 32.2 Å². The number of carbonyl (C=O) groups is 1. The lowest BCUT2D eigenvalue weighted by molar-refractivity contribution is -0.111. The monoisotopic (exact) mass is 563 g/mol. The summed E-state index contributed by atoms with van der Waals surface area (Å²) in [6, 6.07) is 28.5. The van der Waals surface area contributed by atoms with Gasteiger partial charge in [-0.3, -0.25) is 9.69 Å². The Kier molecular flexibility index (Phi) is 7.61. The molecule has 0 amide bonds. The molecule has 0 radical (unpaired) electrons. The Labute approximate surface area is 236 Å². The molecule has 0 aromatic heterocycles. The zero-order valence-electron chi connectivity index (χ0n) is 20.7. The fraction of sp³-hybridized carbons (Fsp3) is 0.133. The van der Waals surface area contributed by atoms with E-state index >= 15 is 0 Å². The highest BCUT2D eigenvalue weighted by atomic mass is 35.5. The van der Waals surface area contributed by atoms with E-state index in [1.54, 1.807) is 30.3 Å². The van der Waals surface area contributed by atoms with E-state index in [1.165, 1.54) is 6.92 Å². The number of hydrogen-bond acceptors (Lipinski definition) is 5. The largest absolute Gasteiger partial charge is 0.489 e. The van der Waals surface area contributed by atoms with Crippen LogP contribution in [0.1, 0.15) is 29.8 Å². The van der Waals surface area contributed by atoms with Gasteiger partial charge in [-0.05, 0) is 67.6 Å². The van der Waals surface area contributed by atoms with Gasteiger partial charge in [0.05, 0.1) is 5.69 Å². The second kappa shape index (κ2) is 11.1. The van der Waals surface area contributed by atoms with Crippen LogP contribution in [0.4, 0.5) is 11.4 Å². The van der Waals surface area contributed by atoms with Crippen molar-refractivity contribution in [3.05, 3.63) is 123 Å². The van der Waals surface area contributed by atoms with Crippen molar-refractivity contribution in [1.82, 2.24) is 0 Å². The number of hydrazone groups is 1. The molecule has 1 atom stereocenters. The number of carbonyl (C=O) groups excluding carboxylic acids is 1. The lowest BCUT2D eigenvalue weighted by Crippen LogP contribution is -2.37. The molecule has 0 bridgehead atoms. The van der Waals surface area contributed by atoms with Crippen molar-refractivity contribution < 1.29 is 9.53 Å². The Morgan fingerprint density at radius 2 is 1.50 bits per heavy atom. The molecular formula is C30H24Cl3N3O2.